The third-order valence-corrected chi connectivity index (χ3v) is 2.73. The number of hydrogen-bond acceptors (Lipinski definition) is 3. The Labute approximate surface area is 91.8 Å². The molecule has 0 atom stereocenters. The summed E-state index contributed by atoms with van der Waals surface area (Å²) in [5.41, 5.74) is 0.00215. The average molecular weight is 251 g/mol. The second-order valence-electron chi connectivity index (χ2n) is 3.12. The van der Waals surface area contributed by atoms with Gasteiger partial charge in [0, 0.05) is 11.8 Å². The molecule has 0 saturated carbocycles. The van der Waals surface area contributed by atoms with Gasteiger partial charge in [0.25, 0.3) is 0 Å². The first-order valence-electron chi connectivity index (χ1n) is 3.95. The number of benzene rings is 1. The van der Waals surface area contributed by atoms with E-state index in [0.717, 1.165) is 12.3 Å². The van der Waals surface area contributed by atoms with Gasteiger partial charge < -0.3 is 0 Å². The first-order valence-corrected chi connectivity index (χ1v) is 6.39. The number of sulfone groups is 1. The fourth-order valence-corrected chi connectivity index (χ4v) is 1.75. The third kappa shape index (κ3) is 3.60. The Kier molecular flexibility index (Phi) is 3.46. The van der Waals surface area contributed by atoms with E-state index in [1.807, 2.05) is 0 Å². The molecule has 0 bridgehead atoms. The fraction of sp³-hybridized carbons (Fsp3) is 0.222. The number of hydrogen-bond donors (Lipinski definition) is 0. The first kappa shape index (κ1) is 12.1. The molecular formula is C9H8ClFO3S. The number of carbonyl (C=O) groups excluding carboxylic acids is 1. The monoisotopic (exact) mass is 250 g/mol. The minimum Gasteiger partial charge on any atom is -0.293 e. The smallest absolute Gasteiger partial charge is 0.177 e. The van der Waals surface area contributed by atoms with Crippen LogP contribution in [0.4, 0.5) is 4.39 Å². The van der Waals surface area contributed by atoms with Crippen LogP contribution in [0.25, 0.3) is 0 Å². The predicted octanol–water partition coefficient (Wildman–Crippen LogP) is 1.71. The third-order valence-electron chi connectivity index (χ3n) is 1.63. The van der Waals surface area contributed by atoms with E-state index in [0.29, 0.717) is 0 Å². The van der Waals surface area contributed by atoms with Crippen molar-refractivity contribution in [2.45, 2.75) is 0 Å². The van der Waals surface area contributed by atoms with E-state index < -0.39 is 27.2 Å². The van der Waals surface area contributed by atoms with Crippen LogP contribution in [-0.4, -0.2) is 26.2 Å². The highest BCUT2D eigenvalue weighted by Crippen LogP contribution is 2.16. The van der Waals surface area contributed by atoms with E-state index >= 15 is 0 Å². The molecule has 0 unspecified atom stereocenters. The molecule has 1 aromatic carbocycles. The summed E-state index contributed by atoms with van der Waals surface area (Å²) in [7, 11) is -3.40. The van der Waals surface area contributed by atoms with Gasteiger partial charge in [0.15, 0.2) is 15.6 Å². The lowest BCUT2D eigenvalue weighted by Crippen LogP contribution is -2.14. The minimum atomic E-state index is -3.40. The van der Waals surface area contributed by atoms with Crippen LogP contribution in [0.1, 0.15) is 10.4 Å². The van der Waals surface area contributed by atoms with E-state index in [9.17, 15) is 17.6 Å². The van der Waals surface area contributed by atoms with Crippen molar-refractivity contribution in [1.82, 2.24) is 0 Å². The zero-order chi connectivity index (χ0) is 11.6. The van der Waals surface area contributed by atoms with Gasteiger partial charge in [-0.25, -0.2) is 12.8 Å². The van der Waals surface area contributed by atoms with Crippen molar-refractivity contribution in [2.24, 2.45) is 0 Å². The standard InChI is InChI=1S/C9H8ClFO3S/c1-15(13,14)5-9(12)6-2-3-7(10)8(11)4-6/h2-4H,5H2,1H3. The molecule has 0 aliphatic rings. The molecule has 0 fully saturated rings. The number of ketones is 1. The van der Waals surface area contributed by atoms with Crippen LogP contribution in [0.15, 0.2) is 18.2 Å². The minimum absolute atomic E-state index is 0.00215. The van der Waals surface area contributed by atoms with Gasteiger partial charge in [-0.3, -0.25) is 4.79 Å². The van der Waals surface area contributed by atoms with E-state index in [1.54, 1.807) is 0 Å². The topological polar surface area (TPSA) is 51.2 Å². The van der Waals surface area contributed by atoms with Crippen LogP contribution in [0.2, 0.25) is 5.02 Å². The van der Waals surface area contributed by atoms with Gasteiger partial charge in [-0.1, -0.05) is 11.6 Å². The Balaban J connectivity index is 2.98. The van der Waals surface area contributed by atoms with Gasteiger partial charge >= 0.3 is 0 Å². The summed E-state index contributed by atoms with van der Waals surface area (Å²) in [4.78, 5) is 11.3. The highest BCUT2D eigenvalue weighted by Gasteiger charge is 2.14. The molecule has 0 amide bonds. The van der Waals surface area contributed by atoms with Crippen LogP contribution in [-0.2, 0) is 9.84 Å². The molecule has 0 saturated heterocycles. The first-order chi connectivity index (χ1) is 6.79. The summed E-state index contributed by atoms with van der Waals surface area (Å²) in [6.07, 6.45) is 0.942. The Morgan fingerprint density at radius 1 is 1.47 bits per heavy atom. The molecule has 1 rings (SSSR count). The molecular weight excluding hydrogens is 243 g/mol. The average Bonchev–Trinajstić information content (AvgIpc) is 2.06. The maximum atomic E-state index is 12.9. The largest absolute Gasteiger partial charge is 0.293 e. The molecule has 0 aliphatic carbocycles. The van der Waals surface area contributed by atoms with Gasteiger partial charge in [-0.2, -0.15) is 0 Å². The number of rotatable bonds is 3. The van der Waals surface area contributed by atoms with Crippen LogP contribution in [0, 0.1) is 5.82 Å². The summed E-state index contributed by atoms with van der Waals surface area (Å²) >= 11 is 5.41. The van der Waals surface area contributed by atoms with E-state index in [4.69, 9.17) is 11.6 Å². The number of Topliss-reactive ketones (excluding diaryl/α,β-unsaturated/α-hetero) is 1. The molecule has 3 nitrogen and oxygen atoms in total. The Hall–Kier alpha value is -0.940. The molecule has 0 aliphatic heterocycles. The SMILES string of the molecule is CS(=O)(=O)CC(=O)c1ccc(Cl)c(F)c1. The van der Waals surface area contributed by atoms with Crippen molar-refractivity contribution >= 4 is 27.2 Å². The molecule has 1 aromatic rings. The quantitative estimate of drug-likeness (QED) is 0.768. The molecule has 0 radical (unpaired) electrons. The lowest BCUT2D eigenvalue weighted by molar-refractivity contribution is 0.102. The summed E-state index contributed by atoms with van der Waals surface area (Å²) in [5, 5.41) is -0.106. The lowest BCUT2D eigenvalue weighted by Gasteiger charge is -2.00. The van der Waals surface area contributed by atoms with Crippen molar-refractivity contribution in [1.29, 1.82) is 0 Å². The van der Waals surface area contributed by atoms with Gasteiger partial charge in [0.05, 0.1) is 5.02 Å². The van der Waals surface area contributed by atoms with Crippen LogP contribution in [0.5, 0.6) is 0 Å². The molecule has 15 heavy (non-hydrogen) atoms. The summed E-state index contributed by atoms with van der Waals surface area (Å²) in [6.45, 7) is 0. The van der Waals surface area contributed by atoms with Crippen molar-refractivity contribution < 1.29 is 17.6 Å². The van der Waals surface area contributed by atoms with Gasteiger partial charge in [-0.15, -0.1) is 0 Å². The predicted molar refractivity (Wildman–Crippen MR) is 55.5 cm³/mol. The van der Waals surface area contributed by atoms with Gasteiger partial charge in [0.2, 0.25) is 0 Å². The van der Waals surface area contributed by atoms with Crippen LogP contribution in [0.3, 0.4) is 0 Å². The maximum absolute atomic E-state index is 12.9. The van der Waals surface area contributed by atoms with Crippen LogP contribution >= 0.6 is 11.6 Å². The normalized spacial score (nSPS) is 11.4. The van der Waals surface area contributed by atoms with E-state index in [1.165, 1.54) is 12.1 Å². The van der Waals surface area contributed by atoms with Crippen molar-refractivity contribution in [3.05, 3.63) is 34.6 Å². The maximum Gasteiger partial charge on any atom is 0.177 e. The Morgan fingerprint density at radius 3 is 2.53 bits per heavy atom. The second-order valence-corrected chi connectivity index (χ2v) is 5.67. The molecule has 0 spiro atoms. The highest BCUT2D eigenvalue weighted by molar-refractivity contribution is 7.91. The zero-order valence-corrected chi connectivity index (χ0v) is 9.40. The van der Waals surface area contributed by atoms with Crippen molar-refractivity contribution in [2.75, 3.05) is 12.0 Å². The van der Waals surface area contributed by atoms with E-state index in [2.05, 4.69) is 0 Å². The van der Waals surface area contributed by atoms with Crippen molar-refractivity contribution in [3.63, 3.8) is 0 Å². The van der Waals surface area contributed by atoms with E-state index in [-0.39, 0.29) is 10.6 Å². The molecule has 82 valence electrons. The molecule has 6 heteroatoms. The fourth-order valence-electron chi connectivity index (χ4n) is 0.991. The highest BCUT2D eigenvalue weighted by atomic mass is 35.5. The number of carbonyl (C=O) groups is 1. The van der Waals surface area contributed by atoms with Gasteiger partial charge in [-0.05, 0) is 18.2 Å². The zero-order valence-electron chi connectivity index (χ0n) is 7.83. The molecule has 0 heterocycles. The number of halogens is 2. The molecule has 0 N–H and O–H groups in total. The Morgan fingerprint density at radius 2 is 2.07 bits per heavy atom. The second kappa shape index (κ2) is 4.28. The molecule has 0 aromatic heterocycles. The lowest BCUT2D eigenvalue weighted by atomic mass is 10.1. The summed E-state index contributed by atoms with van der Waals surface area (Å²) in [6, 6.07) is 3.43. The van der Waals surface area contributed by atoms with Gasteiger partial charge in [0.1, 0.15) is 11.6 Å². The summed E-state index contributed by atoms with van der Waals surface area (Å²) in [5.74, 6) is -2.02. The Bertz CT molecular complexity index is 496. The summed E-state index contributed by atoms with van der Waals surface area (Å²) < 4.78 is 34.6. The van der Waals surface area contributed by atoms with Crippen LogP contribution < -0.4 is 0 Å². The van der Waals surface area contributed by atoms with Crippen molar-refractivity contribution in [3.8, 4) is 0 Å².